The molecule has 1 fully saturated rings. The molecule has 3 unspecified atom stereocenters. The van der Waals surface area contributed by atoms with E-state index < -0.39 is 0 Å². The Kier molecular flexibility index (Phi) is 5.31. The van der Waals surface area contributed by atoms with Gasteiger partial charge >= 0.3 is 0 Å². The van der Waals surface area contributed by atoms with Gasteiger partial charge in [-0.05, 0) is 25.8 Å². The van der Waals surface area contributed by atoms with Gasteiger partial charge in [-0.1, -0.05) is 36.8 Å². The number of hydrogen-bond acceptors (Lipinski definition) is 3. The molecule has 2 nitrogen and oxygen atoms in total. The van der Waals surface area contributed by atoms with Crippen molar-refractivity contribution in [2.75, 3.05) is 18.1 Å². The van der Waals surface area contributed by atoms with Gasteiger partial charge in [0.05, 0.1) is 6.04 Å². The van der Waals surface area contributed by atoms with Crippen molar-refractivity contribution >= 4 is 11.8 Å². The quantitative estimate of drug-likeness (QED) is 0.917. The maximum Gasteiger partial charge on any atom is 0.0502 e. The van der Waals surface area contributed by atoms with Crippen molar-refractivity contribution in [3.05, 3.63) is 35.4 Å². The van der Waals surface area contributed by atoms with Crippen LogP contribution in [0, 0.1) is 6.92 Å². The molecule has 0 spiro atoms. The van der Waals surface area contributed by atoms with Gasteiger partial charge < -0.3 is 5.73 Å². The lowest BCUT2D eigenvalue weighted by atomic mass is 9.94. The Balaban J connectivity index is 2.27. The molecule has 0 bridgehead atoms. The van der Waals surface area contributed by atoms with Gasteiger partial charge in [-0.25, -0.2) is 0 Å². The number of nitrogens with zero attached hydrogens (tertiary/aromatic N) is 1. The Morgan fingerprint density at radius 2 is 2.05 bits per heavy atom. The van der Waals surface area contributed by atoms with E-state index in [9.17, 15) is 0 Å². The van der Waals surface area contributed by atoms with E-state index in [2.05, 4.69) is 61.7 Å². The topological polar surface area (TPSA) is 29.3 Å². The van der Waals surface area contributed by atoms with E-state index in [1.807, 2.05) is 0 Å². The molecule has 106 valence electrons. The lowest BCUT2D eigenvalue weighted by Gasteiger charge is -2.42. The summed E-state index contributed by atoms with van der Waals surface area (Å²) >= 11 is 2.06. The van der Waals surface area contributed by atoms with E-state index in [-0.39, 0.29) is 6.04 Å². The molecule has 0 amide bonds. The summed E-state index contributed by atoms with van der Waals surface area (Å²) < 4.78 is 0. The van der Waals surface area contributed by atoms with Gasteiger partial charge in [-0.15, -0.1) is 0 Å². The third kappa shape index (κ3) is 3.53. The van der Waals surface area contributed by atoms with E-state index >= 15 is 0 Å². The van der Waals surface area contributed by atoms with Gasteiger partial charge in [0.15, 0.2) is 0 Å². The molecule has 0 saturated carbocycles. The lowest BCUT2D eigenvalue weighted by Crippen LogP contribution is -2.48. The first-order valence-electron chi connectivity index (χ1n) is 7.29. The first kappa shape index (κ1) is 14.9. The zero-order valence-corrected chi connectivity index (χ0v) is 13.1. The fourth-order valence-electron chi connectivity index (χ4n) is 2.82. The van der Waals surface area contributed by atoms with Crippen LogP contribution in [0.4, 0.5) is 0 Å². The monoisotopic (exact) mass is 278 g/mol. The maximum absolute atomic E-state index is 6.43. The fraction of sp³-hybridized carbons (Fsp3) is 0.625. The molecule has 0 aromatic heterocycles. The highest BCUT2D eigenvalue weighted by molar-refractivity contribution is 7.99. The highest BCUT2D eigenvalue weighted by atomic mass is 32.2. The van der Waals surface area contributed by atoms with Gasteiger partial charge in [-0.2, -0.15) is 11.8 Å². The predicted octanol–water partition coefficient (Wildman–Crippen LogP) is 3.21. The summed E-state index contributed by atoms with van der Waals surface area (Å²) in [6.07, 6.45) is 1.02. The molecule has 3 heteroatoms. The van der Waals surface area contributed by atoms with E-state index in [4.69, 9.17) is 5.73 Å². The third-order valence-electron chi connectivity index (χ3n) is 4.07. The minimum absolute atomic E-state index is 0.216. The molecule has 3 atom stereocenters. The minimum Gasteiger partial charge on any atom is -0.326 e. The zero-order valence-electron chi connectivity index (χ0n) is 12.3. The van der Waals surface area contributed by atoms with Crippen molar-refractivity contribution in [2.45, 2.75) is 45.3 Å². The molecule has 1 aliphatic heterocycles. The van der Waals surface area contributed by atoms with Crippen LogP contribution < -0.4 is 5.73 Å². The summed E-state index contributed by atoms with van der Waals surface area (Å²) in [5.41, 5.74) is 9.12. The maximum atomic E-state index is 6.43. The van der Waals surface area contributed by atoms with E-state index in [0.29, 0.717) is 12.1 Å². The Hall–Kier alpha value is -0.510. The predicted molar refractivity (Wildman–Crippen MR) is 85.7 cm³/mol. The molecule has 0 aliphatic carbocycles. The van der Waals surface area contributed by atoms with Crippen LogP contribution in [-0.4, -0.2) is 35.0 Å². The summed E-state index contributed by atoms with van der Waals surface area (Å²) in [5, 5.41) is 0. The normalized spacial score (nSPS) is 24.1. The number of benzene rings is 1. The first-order chi connectivity index (χ1) is 9.13. The summed E-state index contributed by atoms with van der Waals surface area (Å²) in [6, 6.07) is 10.1. The summed E-state index contributed by atoms with van der Waals surface area (Å²) in [6.45, 7) is 7.81. The fourth-order valence-corrected chi connectivity index (χ4v) is 3.86. The third-order valence-corrected chi connectivity index (χ3v) is 5.26. The second kappa shape index (κ2) is 6.78. The van der Waals surface area contributed by atoms with Gasteiger partial charge in [0.25, 0.3) is 0 Å². The molecule has 1 aliphatic rings. The molecular formula is C16H26N2S. The molecule has 1 aromatic rings. The van der Waals surface area contributed by atoms with E-state index in [1.54, 1.807) is 0 Å². The van der Waals surface area contributed by atoms with Crippen molar-refractivity contribution in [3.8, 4) is 0 Å². The number of nitrogens with two attached hydrogens (primary N) is 1. The standard InChI is InChI=1S/C16H26N2S/c1-4-15(17)16(14-7-5-12(2)6-8-14)18-9-10-19-11-13(18)3/h5-8,13,15-16H,4,9-11,17H2,1-3H3. The minimum atomic E-state index is 0.216. The molecule has 2 N–H and O–H groups in total. The Morgan fingerprint density at radius 3 is 2.63 bits per heavy atom. The zero-order chi connectivity index (χ0) is 13.8. The smallest absolute Gasteiger partial charge is 0.0502 e. The number of rotatable bonds is 4. The number of hydrogen-bond donors (Lipinski definition) is 1. The average molecular weight is 278 g/mol. The Labute approximate surface area is 121 Å². The van der Waals surface area contributed by atoms with E-state index in [1.165, 1.54) is 22.6 Å². The van der Waals surface area contributed by atoms with Gasteiger partial charge in [0.2, 0.25) is 0 Å². The highest BCUT2D eigenvalue weighted by Gasteiger charge is 2.30. The molecule has 1 saturated heterocycles. The summed E-state index contributed by atoms with van der Waals surface area (Å²) in [4.78, 5) is 2.61. The van der Waals surface area contributed by atoms with Crippen LogP contribution in [0.1, 0.15) is 37.4 Å². The number of thioether (sulfide) groups is 1. The lowest BCUT2D eigenvalue weighted by molar-refractivity contribution is 0.137. The number of aryl methyl sites for hydroxylation is 1. The molecule has 19 heavy (non-hydrogen) atoms. The molecule has 1 heterocycles. The van der Waals surface area contributed by atoms with Crippen LogP contribution in [0.2, 0.25) is 0 Å². The SMILES string of the molecule is CCC(N)C(c1ccc(C)cc1)N1CCSCC1C. The van der Waals surface area contributed by atoms with Crippen LogP contribution in [0.5, 0.6) is 0 Å². The second-order valence-electron chi connectivity index (χ2n) is 5.59. The Morgan fingerprint density at radius 1 is 1.37 bits per heavy atom. The Bertz CT molecular complexity index is 390. The summed E-state index contributed by atoms with van der Waals surface area (Å²) in [5.74, 6) is 2.45. The van der Waals surface area contributed by atoms with Crippen LogP contribution in [0.3, 0.4) is 0 Å². The molecule has 0 radical (unpaired) electrons. The first-order valence-corrected chi connectivity index (χ1v) is 8.44. The highest BCUT2D eigenvalue weighted by Crippen LogP contribution is 2.30. The van der Waals surface area contributed by atoms with Crippen molar-refractivity contribution in [1.29, 1.82) is 0 Å². The van der Waals surface area contributed by atoms with Gasteiger partial charge in [0.1, 0.15) is 0 Å². The molecule has 1 aromatic carbocycles. The van der Waals surface area contributed by atoms with Crippen molar-refractivity contribution in [2.24, 2.45) is 5.73 Å². The molecule has 2 rings (SSSR count). The van der Waals surface area contributed by atoms with Gasteiger partial charge in [-0.3, -0.25) is 4.90 Å². The van der Waals surface area contributed by atoms with Crippen molar-refractivity contribution in [1.82, 2.24) is 4.90 Å². The van der Waals surface area contributed by atoms with Crippen LogP contribution in [-0.2, 0) is 0 Å². The van der Waals surface area contributed by atoms with E-state index in [0.717, 1.165) is 13.0 Å². The van der Waals surface area contributed by atoms with Crippen LogP contribution in [0.15, 0.2) is 24.3 Å². The van der Waals surface area contributed by atoms with Crippen molar-refractivity contribution in [3.63, 3.8) is 0 Å². The van der Waals surface area contributed by atoms with Crippen molar-refractivity contribution < 1.29 is 0 Å². The second-order valence-corrected chi connectivity index (χ2v) is 6.74. The van der Waals surface area contributed by atoms with Crippen LogP contribution >= 0.6 is 11.8 Å². The molecular weight excluding hydrogens is 252 g/mol. The largest absolute Gasteiger partial charge is 0.326 e. The average Bonchev–Trinajstić information content (AvgIpc) is 2.43. The van der Waals surface area contributed by atoms with Gasteiger partial charge in [0, 0.05) is 30.1 Å². The van der Waals surface area contributed by atoms with Crippen LogP contribution in [0.25, 0.3) is 0 Å². The summed E-state index contributed by atoms with van der Waals surface area (Å²) in [7, 11) is 0.